The molecule has 10 heteroatoms. The number of piperidine rings is 1. The van der Waals surface area contributed by atoms with Crippen LogP contribution in [-0.4, -0.2) is 55.2 Å². The van der Waals surface area contributed by atoms with Crippen LogP contribution in [0.15, 0.2) is 39.0 Å². The highest BCUT2D eigenvalue weighted by Crippen LogP contribution is 2.20. The van der Waals surface area contributed by atoms with Gasteiger partial charge in [0.2, 0.25) is 15.9 Å². The third kappa shape index (κ3) is 5.60. The number of likely N-dealkylation sites (N-methyl/N-ethyl adjacent to an activating group) is 1. The van der Waals surface area contributed by atoms with Gasteiger partial charge in [-0.15, -0.1) is 11.3 Å². The van der Waals surface area contributed by atoms with Gasteiger partial charge < -0.3 is 5.32 Å². The summed E-state index contributed by atoms with van der Waals surface area (Å²) in [5.41, 5.74) is 0.929. The summed E-state index contributed by atoms with van der Waals surface area (Å²) in [6.07, 6.45) is 3.71. The van der Waals surface area contributed by atoms with Crippen LogP contribution in [0.25, 0.3) is 0 Å². The van der Waals surface area contributed by atoms with Crippen molar-refractivity contribution in [2.24, 2.45) is 0 Å². The zero-order chi connectivity index (χ0) is 20.1. The van der Waals surface area contributed by atoms with Crippen LogP contribution in [0.1, 0.15) is 25.0 Å². The first-order valence-electron chi connectivity index (χ1n) is 9.03. The number of rotatable bonds is 7. The molecule has 0 bridgehead atoms. The molecule has 0 atom stereocenters. The third-order valence-corrected chi connectivity index (χ3v) is 7.67. The first-order valence-corrected chi connectivity index (χ1v) is 12.1. The SMILES string of the molecule is CN(CC(=O)Nc1nc(CN2CCCCC2)cs1)S(=O)(=O)c1ccc(Br)cc1. The molecule has 1 fully saturated rings. The quantitative estimate of drug-likeness (QED) is 0.649. The standard InChI is InChI=1S/C18H23BrN4O3S2/c1-22(28(25,26)16-7-5-14(19)6-8-16)12-17(24)21-18-20-15(13-27-18)11-23-9-3-2-4-10-23/h5-8,13H,2-4,9-12H2,1H3,(H,20,21,24). The Kier molecular flexibility index (Phi) is 7.21. The molecule has 1 aliphatic rings. The highest BCUT2D eigenvalue weighted by atomic mass is 79.9. The predicted molar refractivity (Wildman–Crippen MR) is 114 cm³/mol. The van der Waals surface area contributed by atoms with Crippen LogP contribution < -0.4 is 5.32 Å². The lowest BCUT2D eigenvalue weighted by atomic mass is 10.1. The summed E-state index contributed by atoms with van der Waals surface area (Å²) in [5.74, 6) is -0.415. The summed E-state index contributed by atoms with van der Waals surface area (Å²) in [6.45, 7) is 2.67. The van der Waals surface area contributed by atoms with Gasteiger partial charge in [-0.05, 0) is 50.2 Å². The van der Waals surface area contributed by atoms with E-state index in [2.05, 4.69) is 31.1 Å². The highest BCUT2D eigenvalue weighted by molar-refractivity contribution is 9.10. The lowest BCUT2D eigenvalue weighted by Gasteiger charge is -2.25. The first-order chi connectivity index (χ1) is 13.3. The molecule has 28 heavy (non-hydrogen) atoms. The summed E-state index contributed by atoms with van der Waals surface area (Å²) in [7, 11) is -2.34. The monoisotopic (exact) mass is 486 g/mol. The Morgan fingerprint density at radius 3 is 2.61 bits per heavy atom. The van der Waals surface area contributed by atoms with Crippen molar-refractivity contribution in [1.29, 1.82) is 0 Å². The molecule has 1 aliphatic heterocycles. The maximum Gasteiger partial charge on any atom is 0.243 e. The lowest BCUT2D eigenvalue weighted by Crippen LogP contribution is -2.35. The fourth-order valence-corrected chi connectivity index (χ4v) is 5.13. The van der Waals surface area contributed by atoms with Crippen molar-refractivity contribution in [2.45, 2.75) is 30.7 Å². The molecule has 1 amide bonds. The Hall–Kier alpha value is -1.33. The van der Waals surface area contributed by atoms with Gasteiger partial charge in [0.05, 0.1) is 17.1 Å². The van der Waals surface area contributed by atoms with Crippen molar-refractivity contribution in [3.05, 3.63) is 39.8 Å². The minimum Gasteiger partial charge on any atom is -0.301 e. The summed E-state index contributed by atoms with van der Waals surface area (Å²) >= 11 is 4.63. The number of sulfonamides is 1. The average Bonchev–Trinajstić information content (AvgIpc) is 3.09. The molecule has 1 aromatic heterocycles. The topological polar surface area (TPSA) is 82.6 Å². The van der Waals surface area contributed by atoms with E-state index in [0.29, 0.717) is 5.13 Å². The van der Waals surface area contributed by atoms with E-state index in [1.54, 1.807) is 12.1 Å². The molecule has 2 aromatic rings. The van der Waals surface area contributed by atoms with E-state index in [-0.39, 0.29) is 11.4 Å². The van der Waals surface area contributed by atoms with E-state index in [1.165, 1.54) is 49.8 Å². The summed E-state index contributed by atoms with van der Waals surface area (Å²) < 4.78 is 27.0. The average molecular weight is 487 g/mol. The van der Waals surface area contributed by atoms with Gasteiger partial charge in [-0.1, -0.05) is 22.4 Å². The van der Waals surface area contributed by atoms with Gasteiger partial charge in [0.1, 0.15) is 0 Å². The highest BCUT2D eigenvalue weighted by Gasteiger charge is 2.23. The maximum absolute atomic E-state index is 12.6. The van der Waals surface area contributed by atoms with Gasteiger partial charge in [0, 0.05) is 23.4 Å². The van der Waals surface area contributed by atoms with Crippen molar-refractivity contribution < 1.29 is 13.2 Å². The molecular formula is C18H23BrN4O3S2. The van der Waals surface area contributed by atoms with E-state index in [1.807, 2.05) is 5.38 Å². The van der Waals surface area contributed by atoms with Crippen LogP contribution in [0.4, 0.5) is 5.13 Å². The van der Waals surface area contributed by atoms with Gasteiger partial charge in [0.25, 0.3) is 0 Å². The summed E-state index contributed by atoms with van der Waals surface area (Å²) in [4.78, 5) is 19.2. The molecule has 0 aliphatic carbocycles. The number of nitrogens with one attached hydrogen (secondary N) is 1. The maximum atomic E-state index is 12.6. The van der Waals surface area contributed by atoms with Crippen LogP contribution in [0.3, 0.4) is 0 Å². The Bertz CT molecular complexity index is 909. The molecule has 0 saturated carbocycles. The normalized spacial score (nSPS) is 15.7. The fourth-order valence-electron chi connectivity index (χ4n) is 3.02. The molecule has 0 radical (unpaired) electrons. The molecular weight excluding hydrogens is 464 g/mol. The van der Waals surface area contributed by atoms with Crippen LogP contribution in [-0.2, 0) is 21.4 Å². The molecule has 1 saturated heterocycles. The third-order valence-electron chi connectivity index (χ3n) is 4.52. The minimum atomic E-state index is -3.73. The number of hydrogen-bond acceptors (Lipinski definition) is 6. The number of benzene rings is 1. The van der Waals surface area contributed by atoms with Crippen molar-refractivity contribution in [3.63, 3.8) is 0 Å². The Labute approximate surface area is 177 Å². The minimum absolute atomic E-state index is 0.143. The number of halogens is 1. The molecule has 1 N–H and O–H groups in total. The predicted octanol–water partition coefficient (Wildman–Crippen LogP) is 3.15. The number of hydrogen-bond donors (Lipinski definition) is 1. The second-order valence-corrected chi connectivity index (χ2v) is 10.6. The molecule has 0 spiro atoms. The number of aromatic nitrogens is 1. The van der Waals surface area contributed by atoms with Crippen LogP contribution in [0.2, 0.25) is 0 Å². The number of amides is 1. The van der Waals surface area contributed by atoms with Gasteiger partial charge in [0.15, 0.2) is 5.13 Å². The van der Waals surface area contributed by atoms with Crippen LogP contribution in [0, 0.1) is 0 Å². The number of carbonyl (C=O) groups is 1. The summed E-state index contributed by atoms with van der Waals surface area (Å²) in [6, 6.07) is 6.31. The van der Waals surface area contributed by atoms with Gasteiger partial charge in [-0.2, -0.15) is 4.31 Å². The molecule has 0 unspecified atom stereocenters. The number of thiazole rings is 1. The second kappa shape index (κ2) is 9.45. The molecule has 152 valence electrons. The Morgan fingerprint density at radius 2 is 1.93 bits per heavy atom. The van der Waals surface area contributed by atoms with E-state index in [9.17, 15) is 13.2 Å². The Balaban J connectivity index is 1.55. The van der Waals surface area contributed by atoms with Crippen LogP contribution >= 0.6 is 27.3 Å². The molecule has 7 nitrogen and oxygen atoms in total. The van der Waals surface area contributed by atoms with E-state index >= 15 is 0 Å². The summed E-state index contributed by atoms with van der Waals surface area (Å²) in [5, 5.41) is 5.13. The van der Waals surface area contributed by atoms with Gasteiger partial charge >= 0.3 is 0 Å². The number of nitrogens with zero attached hydrogens (tertiary/aromatic N) is 3. The van der Waals surface area contributed by atoms with Crippen molar-refractivity contribution in [3.8, 4) is 0 Å². The van der Waals surface area contributed by atoms with Crippen LogP contribution in [0.5, 0.6) is 0 Å². The lowest BCUT2D eigenvalue weighted by molar-refractivity contribution is -0.116. The number of likely N-dealkylation sites (tertiary alicyclic amines) is 1. The van der Waals surface area contributed by atoms with E-state index < -0.39 is 15.9 Å². The second-order valence-electron chi connectivity index (χ2n) is 6.74. The van der Waals surface area contributed by atoms with E-state index in [0.717, 1.165) is 34.1 Å². The largest absolute Gasteiger partial charge is 0.301 e. The smallest absolute Gasteiger partial charge is 0.243 e. The number of carbonyl (C=O) groups excluding carboxylic acids is 1. The molecule has 3 rings (SSSR count). The fraction of sp³-hybridized carbons (Fsp3) is 0.444. The van der Waals surface area contributed by atoms with Gasteiger partial charge in [-0.25, -0.2) is 13.4 Å². The Morgan fingerprint density at radius 1 is 1.25 bits per heavy atom. The molecule has 1 aromatic carbocycles. The first kappa shape index (κ1) is 21.4. The zero-order valence-corrected chi connectivity index (χ0v) is 18.8. The van der Waals surface area contributed by atoms with Crippen molar-refractivity contribution >= 4 is 48.3 Å². The van der Waals surface area contributed by atoms with Gasteiger partial charge in [-0.3, -0.25) is 9.69 Å². The van der Waals surface area contributed by atoms with Crippen molar-refractivity contribution in [2.75, 3.05) is 32.0 Å². The molecule has 2 heterocycles. The zero-order valence-electron chi connectivity index (χ0n) is 15.6. The van der Waals surface area contributed by atoms with E-state index in [4.69, 9.17) is 0 Å². The number of anilines is 1. The van der Waals surface area contributed by atoms with Crippen molar-refractivity contribution in [1.82, 2.24) is 14.2 Å².